The Morgan fingerprint density at radius 2 is 2.20 bits per heavy atom. The summed E-state index contributed by atoms with van der Waals surface area (Å²) in [6.07, 6.45) is 14.2. The van der Waals surface area contributed by atoms with Crippen molar-refractivity contribution >= 4 is 12.2 Å². The molecule has 0 aromatic heterocycles. The van der Waals surface area contributed by atoms with Gasteiger partial charge >= 0.3 is 6.09 Å². The number of carbonyl (C=O) groups excluding carboxylic acids is 2. The van der Waals surface area contributed by atoms with E-state index < -0.39 is 11.8 Å². The van der Waals surface area contributed by atoms with Crippen molar-refractivity contribution in [3.8, 4) is 0 Å². The van der Waals surface area contributed by atoms with Crippen molar-refractivity contribution in [2.75, 3.05) is 6.61 Å². The van der Waals surface area contributed by atoms with E-state index in [9.17, 15) is 9.59 Å². The smallest absolute Gasteiger partial charge is 0.409 e. The van der Waals surface area contributed by atoms with Crippen molar-refractivity contribution in [2.45, 2.75) is 44.2 Å². The third-order valence-electron chi connectivity index (χ3n) is 3.77. The first-order chi connectivity index (χ1) is 9.74. The lowest BCUT2D eigenvalue weighted by atomic mass is 9.95. The molecule has 5 nitrogen and oxygen atoms in total. The molecule has 2 aliphatic rings. The standard InChI is InChI=1S/C15H20N2O3/c18-12-16-15(9-5-2-6-10-15)17-14(19)20-11-13-7-3-1-4-8-13/h1-3,5,13H,4,6-11H2,(H,17,19). The molecule has 0 bridgehead atoms. The summed E-state index contributed by atoms with van der Waals surface area (Å²) in [5.41, 5.74) is -0.875. The maximum absolute atomic E-state index is 11.9. The fourth-order valence-electron chi connectivity index (χ4n) is 2.58. The van der Waals surface area contributed by atoms with E-state index in [1.54, 1.807) is 6.08 Å². The monoisotopic (exact) mass is 276 g/mol. The van der Waals surface area contributed by atoms with Crippen LogP contribution in [0, 0.1) is 5.92 Å². The Balaban J connectivity index is 1.84. The van der Waals surface area contributed by atoms with Gasteiger partial charge in [-0.25, -0.2) is 9.59 Å². The summed E-state index contributed by atoms with van der Waals surface area (Å²) in [6, 6.07) is 0. The third kappa shape index (κ3) is 4.07. The number of alkyl carbamates (subject to hydrolysis) is 1. The number of nitrogens with one attached hydrogen (secondary N) is 1. The molecular weight excluding hydrogens is 256 g/mol. The van der Waals surface area contributed by atoms with Gasteiger partial charge in [-0.2, -0.15) is 4.99 Å². The van der Waals surface area contributed by atoms with Crippen LogP contribution in [0.3, 0.4) is 0 Å². The second-order valence-corrected chi connectivity index (χ2v) is 5.32. The Morgan fingerprint density at radius 1 is 1.35 bits per heavy atom. The Kier molecular flexibility index (Phi) is 5.13. The maximum Gasteiger partial charge on any atom is 0.409 e. The minimum atomic E-state index is -0.875. The van der Waals surface area contributed by atoms with E-state index in [4.69, 9.17) is 4.74 Å². The first-order valence-corrected chi connectivity index (χ1v) is 7.08. The molecule has 20 heavy (non-hydrogen) atoms. The predicted octanol–water partition coefficient (Wildman–Crippen LogP) is 2.84. The highest BCUT2D eigenvalue weighted by Gasteiger charge is 2.32. The molecule has 108 valence electrons. The van der Waals surface area contributed by atoms with Crippen LogP contribution in [0.4, 0.5) is 4.79 Å². The number of isocyanates is 1. The first-order valence-electron chi connectivity index (χ1n) is 7.08. The van der Waals surface area contributed by atoms with Crippen LogP contribution in [-0.2, 0) is 9.53 Å². The maximum atomic E-state index is 11.9. The van der Waals surface area contributed by atoms with Gasteiger partial charge in [0.1, 0.15) is 0 Å². The summed E-state index contributed by atoms with van der Waals surface area (Å²) in [5.74, 6) is 0.391. The second-order valence-electron chi connectivity index (χ2n) is 5.32. The SMILES string of the molecule is O=C=NC1(NC(=O)OCC2CC=CCC2)CC=CCC1. The first kappa shape index (κ1) is 14.5. The minimum Gasteiger partial charge on any atom is -0.449 e. The normalized spacial score (nSPS) is 28.5. The van der Waals surface area contributed by atoms with E-state index in [1.165, 1.54) is 0 Å². The number of nitrogens with zero attached hydrogens (tertiary/aromatic N) is 1. The fourth-order valence-corrected chi connectivity index (χ4v) is 2.58. The molecule has 0 spiro atoms. The molecule has 0 radical (unpaired) electrons. The largest absolute Gasteiger partial charge is 0.449 e. The highest BCUT2D eigenvalue weighted by Crippen LogP contribution is 2.25. The summed E-state index contributed by atoms with van der Waals surface area (Å²) < 4.78 is 5.26. The molecule has 0 aliphatic heterocycles. The van der Waals surface area contributed by atoms with Gasteiger partial charge in [-0.15, -0.1) is 0 Å². The zero-order chi connectivity index (χ0) is 14.3. The molecule has 5 heteroatoms. The molecule has 0 aromatic rings. The lowest BCUT2D eigenvalue weighted by Gasteiger charge is -2.30. The molecule has 0 heterocycles. The van der Waals surface area contributed by atoms with Gasteiger partial charge in [0.2, 0.25) is 6.08 Å². The zero-order valence-corrected chi connectivity index (χ0v) is 11.5. The van der Waals surface area contributed by atoms with Gasteiger partial charge in [0.15, 0.2) is 5.66 Å². The minimum absolute atomic E-state index is 0.391. The number of ether oxygens (including phenoxy) is 1. The van der Waals surface area contributed by atoms with Crippen LogP contribution in [0.25, 0.3) is 0 Å². The molecule has 0 saturated heterocycles. The molecule has 1 amide bonds. The molecule has 0 aromatic carbocycles. The number of allylic oxidation sites excluding steroid dienone is 3. The van der Waals surface area contributed by atoms with Crippen LogP contribution < -0.4 is 5.32 Å². The number of rotatable bonds is 4. The molecule has 1 N–H and O–H groups in total. The summed E-state index contributed by atoms with van der Waals surface area (Å²) in [7, 11) is 0. The molecule has 0 saturated carbocycles. The van der Waals surface area contributed by atoms with Gasteiger partial charge in [-0.05, 0) is 38.0 Å². The van der Waals surface area contributed by atoms with Gasteiger partial charge in [0.25, 0.3) is 0 Å². The molecule has 2 aliphatic carbocycles. The summed E-state index contributed by atoms with van der Waals surface area (Å²) in [4.78, 5) is 26.2. The molecular formula is C15H20N2O3. The number of hydrogen-bond donors (Lipinski definition) is 1. The van der Waals surface area contributed by atoms with Gasteiger partial charge in [0, 0.05) is 6.42 Å². The van der Waals surface area contributed by atoms with Gasteiger partial charge in [0.05, 0.1) is 6.61 Å². The highest BCUT2D eigenvalue weighted by atomic mass is 16.5. The third-order valence-corrected chi connectivity index (χ3v) is 3.77. The van der Waals surface area contributed by atoms with Crippen molar-refractivity contribution in [3.63, 3.8) is 0 Å². The highest BCUT2D eigenvalue weighted by molar-refractivity contribution is 5.68. The number of aliphatic imine (C=N–C) groups is 1. The van der Waals surface area contributed by atoms with Crippen molar-refractivity contribution in [1.82, 2.24) is 5.32 Å². The van der Waals surface area contributed by atoms with E-state index in [-0.39, 0.29) is 0 Å². The van der Waals surface area contributed by atoms with Crippen LogP contribution in [0.5, 0.6) is 0 Å². The molecule has 2 unspecified atom stereocenters. The number of hydrogen-bond acceptors (Lipinski definition) is 4. The fraction of sp³-hybridized carbons (Fsp3) is 0.600. The van der Waals surface area contributed by atoms with Crippen LogP contribution in [0.2, 0.25) is 0 Å². The van der Waals surface area contributed by atoms with Crippen LogP contribution >= 0.6 is 0 Å². The lowest BCUT2D eigenvalue weighted by Crippen LogP contribution is -2.47. The molecule has 2 rings (SSSR count). The van der Waals surface area contributed by atoms with Crippen molar-refractivity contribution in [2.24, 2.45) is 10.9 Å². The number of carbonyl (C=O) groups is 1. The Bertz CT molecular complexity index is 452. The second kappa shape index (κ2) is 7.06. The quantitative estimate of drug-likeness (QED) is 0.487. The summed E-state index contributed by atoms with van der Waals surface area (Å²) in [5, 5.41) is 2.71. The van der Waals surface area contributed by atoms with Gasteiger partial charge in [-0.3, -0.25) is 5.32 Å². The summed E-state index contributed by atoms with van der Waals surface area (Å²) >= 11 is 0. The Morgan fingerprint density at radius 3 is 2.85 bits per heavy atom. The van der Waals surface area contributed by atoms with Crippen molar-refractivity contribution in [3.05, 3.63) is 24.3 Å². The van der Waals surface area contributed by atoms with E-state index in [0.29, 0.717) is 25.4 Å². The van der Waals surface area contributed by atoms with Crippen molar-refractivity contribution in [1.29, 1.82) is 0 Å². The Hall–Kier alpha value is -1.87. The average molecular weight is 276 g/mol. The van der Waals surface area contributed by atoms with E-state index in [2.05, 4.69) is 22.5 Å². The van der Waals surface area contributed by atoms with Crippen LogP contribution in [0.15, 0.2) is 29.3 Å². The topological polar surface area (TPSA) is 67.8 Å². The number of amides is 1. The lowest BCUT2D eigenvalue weighted by molar-refractivity contribution is 0.111. The van der Waals surface area contributed by atoms with E-state index in [0.717, 1.165) is 25.7 Å². The summed E-state index contributed by atoms with van der Waals surface area (Å²) in [6.45, 7) is 0.410. The van der Waals surface area contributed by atoms with Gasteiger partial charge < -0.3 is 4.74 Å². The zero-order valence-electron chi connectivity index (χ0n) is 11.5. The predicted molar refractivity (Wildman–Crippen MR) is 74.8 cm³/mol. The van der Waals surface area contributed by atoms with Crippen LogP contribution in [0.1, 0.15) is 38.5 Å². The van der Waals surface area contributed by atoms with Crippen molar-refractivity contribution < 1.29 is 14.3 Å². The molecule has 2 atom stereocenters. The van der Waals surface area contributed by atoms with E-state index >= 15 is 0 Å². The van der Waals surface area contributed by atoms with Crippen LogP contribution in [-0.4, -0.2) is 24.4 Å². The Labute approximate surface area is 118 Å². The average Bonchev–Trinajstić information content (AvgIpc) is 2.47. The van der Waals surface area contributed by atoms with E-state index in [1.807, 2.05) is 12.2 Å². The molecule has 0 fully saturated rings. The van der Waals surface area contributed by atoms with Gasteiger partial charge in [-0.1, -0.05) is 24.3 Å².